The Labute approximate surface area is 198 Å². The Hall–Kier alpha value is -1.50. The van der Waals surface area contributed by atoms with Crippen molar-refractivity contribution in [3.63, 3.8) is 0 Å². The highest BCUT2D eigenvalue weighted by Gasteiger charge is 2.21. The quantitative estimate of drug-likeness (QED) is 0.404. The summed E-state index contributed by atoms with van der Waals surface area (Å²) in [4.78, 5) is 8.35. The summed E-state index contributed by atoms with van der Waals surface area (Å²) in [6, 6.07) is 4.63. The van der Waals surface area contributed by atoms with E-state index >= 15 is 0 Å². The van der Waals surface area contributed by atoms with Gasteiger partial charge in [-0.25, -0.2) is 4.99 Å². The van der Waals surface area contributed by atoms with Gasteiger partial charge in [-0.15, -0.1) is 23.1 Å². The van der Waals surface area contributed by atoms with E-state index in [-0.39, 0.29) is 0 Å². The third-order valence-electron chi connectivity index (χ3n) is 4.83. The van der Waals surface area contributed by atoms with Crippen molar-refractivity contribution in [3.05, 3.63) is 56.9 Å². The Morgan fingerprint density at radius 2 is 1.90 bits per heavy atom. The number of amidine groups is 1. The van der Waals surface area contributed by atoms with Crippen LogP contribution < -0.4 is 11.1 Å². The van der Waals surface area contributed by atoms with Crippen LogP contribution in [0.3, 0.4) is 0 Å². The first-order valence-electron chi connectivity index (χ1n) is 11.6. The summed E-state index contributed by atoms with van der Waals surface area (Å²) < 4.78 is 0. The molecule has 2 aliphatic rings. The standard InChI is InChI=1S/C20H28N4S2.C3H8.C2H6/c1-15-7-12-25-13-10-24(17-5-8-22-9-6-17)16(2)14-18(15)23-20(21)19-4-3-11-26-19;1-3-2;1-2/h3-4,7,11-12,14,17,22H,5-6,8-10,13H2,1-2H3,(H2,21,23);3H2,1-2H3;1-2H3/b12-7+,16-14+,18-15+;;. The second-order valence-corrected chi connectivity index (χ2v) is 9.34. The summed E-state index contributed by atoms with van der Waals surface area (Å²) in [6.45, 7) is 15.8. The summed E-state index contributed by atoms with van der Waals surface area (Å²) in [5.74, 6) is 1.69. The largest absolute Gasteiger partial charge is 0.383 e. The highest BCUT2D eigenvalue weighted by atomic mass is 32.2. The van der Waals surface area contributed by atoms with Gasteiger partial charge < -0.3 is 16.0 Å². The van der Waals surface area contributed by atoms with E-state index in [0.717, 1.165) is 41.5 Å². The zero-order chi connectivity index (χ0) is 23.1. The predicted octanol–water partition coefficient (Wildman–Crippen LogP) is 6.39. The number of nitrogens with two attached hydrogens (primary N) is 1. The Morgan fingerprint density at radius 3 is 2.52 bits per heavy atom. The highest BCUT2D eigenvalue weighted by molar-refractivity contribution is 8.02. The lowest BCUT2D eigenvalue weighted by molar-refractivity contribution is 0.218. The normalized spacial score (nSPS) is 23.5. The van der Waals surface area contributed by atoms with Crippen LogP contribution in [0.2, 0.25) is 0 Å². The molecule has 4 nitrogen and oxygen atoms in total. The van der Waals surface area contributed by atoms with E-state index in [0.29, 0.717) is 11.9 Å². The Morgan fingerprint density at radius 1 is 1.23 bits per heavy atom. The first kappa shape index (κ1) is 27.5. The molecule has 0 unspecified atom stereocenters. The molecule has 1 aromatic heterocycles. The molecule has 3 N–H and O–H groups in total. The Balaban J connectivity index is 0.000000884. The molecular weight excluding hydrogens is 420 g/mol. The lowest BCUT2D eigenvalue weighted by Crippen LogP contribution is -2.43. The van der Waals surface area contributed by atoms with Crippen LogP contribution >= 0.6 is 23.1 Å². The second kappa shape index (κ2) is 16.2. The van der Waals surface area contributed by atoms with Crippen molar-refractivity contribution in [3.8, 4) is 0 Å². The molecule has 0 aromatic carbocycles. The fourth-order valence-electron chi connectivity index (χ4n) is 3.34. The molecule has 0 amide bonds. The molecule has 1 fully saturated rings. The van der Waals surface area contributed by atoms with E-state index in [4.69, 9.17) is 10.7 Å². The molecule has 0 aliphatic carbocycles. The minimum atomic E-state index is 0.588. The third kappa shape index (κ3) is 9.67. The van der Waals surface area contributed by atoms with Crippen molar-refractivity contribution in [1.29, 1.82) is 0 Å². The van der Waals surface area contributed by atoms with E-state index in [1.165, 1.54) is 25.0 Å². The Kier molecular flexibility index (Phi) is 14.4. The van der Waals surface area contributed by atoms with Crippen LogP contribution in [-0.2, 0) is 0 Å². The molecule has 31 heavy (non-hydrogen) atoms. The minimum absolute atomic E-state index is 0.588. The molecule has 0 spiro atoms. The number of thioether (sulfide) groups is 1. The molecule has 1 saturated heterocycles. The number of nitrogens with one attached hydrogen (secondary N) is 1. The second-order valence-electron chi connectivity index (χ2n) is 7.38. The van der Waals surface area contributed by atoms with Gasteiger partial charge in [0.25, 0.3) is 0 Å². The highest BCUT2D eigenvalue weighted by Crippen LogP contribution is 2.23. The molecule has 0 atom stereocenters. The molecule has 3 rings (SSSR count). The SMILES string of the molecule is CC.CCC.C\C1=C/C(N=C(N)c2cccs2)=C(C)\C=C\SCCN1C1CCNCC1. The van der Waals surface area contributed by atoms with Gasteiger partial charge in [0.2, 0.25) is 0 Å². The van der Waals surface area contributed by atoms with Crippen LogP contribution in [0.4, 0.5) is 0 Å². The molecule has 2 aliphatic heterocycles. The summed E-state index contributed by atoms with van der Waals surface area (Å²) in [6.07, 6.45) is 8.00. The van der Waals surface area contributed by atoms with Crippen molar-refractivity contribution in [2.75, 3.05) is 25.4 Å². The maximum atomic E-state index is 6.26. The van der Waals surface area contributed by atoms with Crippen LogP contribution in [0, 0.1) is 0 Å². The summed E-state index contributed by atoms with van der Waals surface area (Å²) in [5, 5.41) is 7.68. The fraction of sp³-hybridized carbons (Fsp3) is 0.560. The first-order valence-corrected chi connectivity index (χ1v) is 13.5. The molecular formula is C25H42N4S2. The molecule has 0 bridgehead atoms. The van der Waals surface area contributed by atoms with Crippen molar-refractivity contribution in [2.45, 2.75) is 66.8 Å². The molecule has 0 radical (unpaired) electrons. The summed E-state index contributed by atoms with van der Waals surface area (Å²) in [5.41, 5.74) is 9.64. The topological polar surface area (TPSA) is 53.6 Å². The van der Waals surface area contributed by atoms with Crippen molar-refractivity contribution in [1.82, 2.24) is 10.2 Å². The number of hydrogen-bond acceptors (Lipinski definition) is 5. The smallest absolute Gasteiger partial charge is 0.141 e. The Bertz CT molecular complexity index is 727. The number of piperidine rings is 1. The van der Waals surface area contributed by atoms with Gasteiger partial charge in [-0.3, -0.25) is 0 Å². The van der Waals surface area contributed by atoms with Crippen molar-refractivity contribution < 1.29 is 0 Å². The monoisotopic (exact) mass is 462 g/mol. The average Bonchev–Trinajstić information content (AvgIpc) is 3.33. The van der Waals surface area contributed by atoms with Crippen molar-refractivity contribution in [2.24, 2.45) is 10.7 Å². The number of thiophene rings is 1. The van der Waals surface area contributed by atoms with Gasteiger partial charge in [0, 0.05) is 24.0 Å². The number of hydrogen-bond donors (Lipinski definition) is 2. The van der Waals surface area contributed by atoms with E-state index in [1.807, 2.05) is 43.1 Å². The molecule has 0 saturated carbocycles. The van der Waals surface area contributed by atoms with Gasteiger partial charge >= 0.3 is 0 Å². The van der Waals surface area contributed by atoms with Crippen molar-refractivity contribution >= 4 is 28.9 Å². The number of rotatable bonds is 3. The minimum Gasteiger partial charge on any atom is -0.383 e. The van der Waals surface area contributed by atoms with Gasteiger partial charge in [0.15, 0.2) is 0 Å². The predicted molar refractivity (Wildman–Crippen MR) is 143 cm³/mol. The number of allylic oxidation sites excluding steroid dienone is 4. The van der Waals surface area contributed by atoms with E-state index in [9.17, 15) is 0 Å². The number of aliphatic imine (C=N–C) groups is 1. The zero-order valence-electron chi connectivity index (χ0n) is 20.3. The average molecular weight is 463 g/mol. The van der Waals surface area contributed by atoms with Crippen LogP contribution in [0.1, 0.15) is 65.7 Å². The first-order chi connectivity index (χ1) is 15.1. The van der Waals surface area contributed by atoms with E-state index in [2.05, 4.69) is 55.5 Å². The van der Waals surface area contributed by atoms with Gasteiger partial charge in [-0.05, 0) is 68.3 Å². The lowest BCUT2D eigenvalue weighted by Gasteiger charge is -2.37. The van der Waals surface area contributed by atoms with Gasteiger partial charge in [-0.2, -0.15) is 0 Å². The van der Waals surface area contributed by atoms with Crippen LogP contribution in [0.5, 0.6) is 0 Å². The lowest BCUT2D eigenvalue weighted by atomic mass is 10.0. The van der Waals surface area contributed by atoms with Crippen LogP contribution in [-0.4, -0.2) is 42.2 Å². The molecule has 174 valence electrons. The van der Waals surface area contributed by atoms with Gasteiger partial charge in [-0.1, -0.05) is 46.3 Å². The third-order valence-corrected chi connectivity index (χ3v) is 6.47. The molecule has 1 aromatic rings. The zero-order valence-corrected chi connectivity index (χ0v) is 21.9. The molecule has 6 heteroatoms. The van der Waals surface area contributed by atoms with Crippen LogP contribution in [0.15, 0.2) is 57.0 Å². The summed E-state index contributed by atoms with van der Waals surface area (Å²) in [7, 11) is 0. The van der Waals surface area contributed by atoms with E-state index in [1.54, 1.807) is 11.3 Å². The maximum absolute atomic E-state index is 6.26. The van der Waals surface area contributed by atoms with Gasteiger partial charge in [0.1, 0.15) is 5.84 Å². The summed E-state index contributed by atoms with van der Waals surface area (Å²) >= 11 is 3.49. The van der Waals surface area contributed by atoms with E-state index < -0.39 is 0 Å². The molecule has 3 heterocycles. The maximum Gasteiger partial charge on any atom is 0.141 e. The fourth-order valence-corrected chi connectivity index (χ4v) is 4.71. The van der Waals surface area contributed by atoms with Crippen LogP contribution in [0.25, 0.3) is 0 Å². The number of nitrogens with zero attached hydrogens (tertiary/aromatic N) is 2. The van der Waals surface area contributed by atoms with Gasteiger partial charge in [0.05, 0.1) is 10.6 Å².